The highest BCUT2D eigenvalue weighted by atomic mass is 79.9. The first kappa shape index (κ1) is 13.0. The molecule has 2 rings (SSSR count). The number of hydrogen-bond acceptors (Lipinski definition) is 2. The van der Waals surface area contributed by atoms with Crippen molar-refractivity contribution in [3.8, 4) is 0 Å². The van der Waals surface area contributed by atoms with Gasteiger partial charge >= 0.3 is 0 Å². The van der Waals surface area contributed by atoms with E-state index in [1.165, 1.54) is 0 Å². The molecule has 0 atom stereocenters. The molecule has 1 aliphatic rings. The van der Waals surface area contributed by atoms with E-state index in [1.54, 1.807) is 0 Å². The summed E-state index contributed by atoms with van der Waals surface area (Å²) in [5, 5.41) is 3.31. The maximum atomic E-state index is 14.1. The van der Waals surface area contributed by atoms with Crippen LogP contribution in [0.25, 0.3) is 0 Å². The molecule has 94 valence electrons. The fourth-order valence-electron chi connectivity index (χ4n) is 2.19. The SMILES string of the molecule is Cc1cc(Br)c(F)c(CN2CCNCC2)c1C. The number of rotatable bonds is 2. The fraction of sp³-hybridized carbons (Fsp3) is 0.538. The molecule has 4 heteroatoms. The van der Waals surface area contributed by atoms with Crippen molar-refractivity contribution in [2.75, 3.05) is 26.2 Å². The summed E-state index contributed by atoms with van der Waals surface area (Å²) < 4.78 is 14.7. The summed E-state index contributed by atoms with van der Waals surface area (Å²) in [4.78, 5) is 2.30. The third-order valence-corrected chi connectivity index (χ3v) is 4.03. The smallest absolute Gasteiger partial charge is 0.142 e. The fourth-order valence-corrected chi connectivity index (χ4v) is 2.77. The Hall–Kier alpha value is -0.450. The van der Waals surface area contributed by atoms with Gasteiger partial charge in [-0.15, -0.1) is 0 Å². The van der Waals surface area contributed by atoms with Crippen molar-refractivity contribution >= 4 is 15.9 Å². The molecule has 0 spiro atoms. The highest BCUT2D eigenvalue weighted by molar-refractivity contribution is 9.10. The highest BCUT2D eigenvalue weighted by Crippen LogP contribution is 2.26. The Morgan fingerprint density at radius 2 is 2.00 bits per heavy atom. The van der Waals surface area contributed by atoms with Crippen LogP contribution in [0.15, 0.2) is 10.5 Å². The molecule has 17 heavy (non-hydrogen) atoms. The van der Waals surface area contributed by atoms with Crippen molar-refractivity contribution in [3.05, 3.63) is 33.0 Å². The van der Waals surface area contributed by atoms with E-state index in [9.17, 15) is 4.39 Å². The van der Waals surface area contributed by atoms with Crippen LogP contribution in [0.4, 0.5) is 4.39 Å². The summed E-state index contributed by atoms with van der Waals surface area (Å²) in [6.45, 7) is 8.71. The Morgan fingerprint density at radius 1 is 1.35 bits per heavy atom. The number of aryl methyl sites for hydroxylation is 1. The quantitative estimate of drug-likeness (QED) is 0.903. The van der Waals surface area contributed by atoms with E-state index in [0.717, 1.165) is 42.9 Å². The minimum atomic E-state index is -0.105. The van der Waals surface area contributed by atoms with Gasteiger partial charge in [-0.2, -0.15) is 0 Å². The van der Waals surface area contributed by atoms with Gasteiger partial charge < -0.3 is 5.32 Å². The van der Waals surface area contributed by atoms with Crippen molar-refractivity contribution in [2.24, 2.45) is 0 Å². The van der Waals surface area contributed by atoms with Crippen LogP contribution in [0.3, 0.4) is 0 Å². The van der Waals surface area contributed by atoms with E-state index in [1.807, 2.05) is 19.9 Å². The van der Waals surface area contributed by atoms with Crippen LogP contribution in [0.5, 0.6) is 0 Å². The average Bonchev–Trinajstić information content (AvgIpc) is 2.33. The standard InChI is InChI=1S/C13H18BrFN2/c1-9-7-12(14)13(15)11(10(9)2)8-17-5-3-16-4-6-17/h7,16H,3-6,8H2,1-2H3. The molecule has 0 unspecified atom stereocenters. The third kappa shape index (κ3) is 2.87. The molecule has 0 aliphatic carbocycles. The molecule has 1 aromatic carbocycles. The first-order valence-corrected chi connectivity index (χ1v) is 6.76. The summed E-state index contributed by atoms with van der Waals surface area (Å²) in [5.41, 5.74) is 3.05. The summed E-state index contributed by atoms with van der Waals surface area (Å²) in [6, 6.07) is 1.85. The van der Waals surface area contributed by atoms with Gasteiger partial charge in [-0.1, -0.05) is 0 Å². The van der Waals surface area contributed by atoms with E-state index in [-0.39, 0.29) is 5.82 Å². The Kier molecular flexibility index (Phi) is 4.17. The zero-order chi connectivity index (χ0) is 12.4. The lowest BCUT2D eigenvalue weighted by Gasteiger charge is -2.28. The zero-order valence-electron chi connectivity index (χ0n) is 10.3. The Balaban J connectivity index is 2.24. The van der Waals surface area contributed by atoms with Gasteiger partial charge in [-0.25, -0.2) is 4.39 Å². The van der Waals surface area contributed by atoms with Crippen molar-refractivity contribution in [3.63, 3.8) is 0 Å². The van der Waals surface area contributed by atoms with Gasteiger partial charge in [0, 0.05) is 38.3 Å². The van der Waals surface area contributed by atoms with Gasteiger partial charge in [0.25, 0.3) is 0 Å². The molecular weight excluding hydrogens is 283 g/mol. The molecule has 2 nitrogen and oxygen atoms in total. The molecule has 1 N–H and O–H groups in total. The second kappa shape index (κ2) is 5.46. The van der Waals surface area contributed by atoms with Crippen LogP contribution < -0.4 is 5.32 Å². The molecular formula is C13H18BrFN2. The predicted molar refractivity (Wildman–Crippen MR) is 71.7 cm³/mol. The second-order valence-electron chi connectivity index (χ2n) is 4.62. The van der Waals surface area contributed by atoms with E-state index in [2.05, 4.69) is 26.1 Å². The Bertz CT molecular complexity index is 388. The number of benzene rings is 1. The summed E-state index contributed by atoms with van der Waals surface area (Å²) in [7, 11) is 0. The number of nitrogens with zero attached hydrogens (tertiary/aromatic N) is 1. The van der Waals surface area contributed by atoms with Gasteiger partial charge in [-0.3, -0.25) is 4.90 Å². The number of nitrogens with one attached hydrogen (secondary N) is 1. The first-order valence-electron chi connectivity index (χ1n) is 5.96. The molecule has 1 heterocycles. The van der Waals surface area contributed by atoms with Crippen molar-refractivity contribution in [1.29, 1.82) is 0 Å². The molecule has 1 aliphatic heterocycles. The molecule has 0 bridgehead atoms. The van der Waals surface area contributed by atoms with E-state index in [0.29, 0.717) is 11.0 Å². The number of halogens is 2. The molecule has 1 saturated heterocycles. The van der Waals surface area contributed by atoms with Gasteiger partial charge in [0.15, 0.2) is 0 Å². The van der Waals surface area contributed by atoms with Gasteiger partial charge in [-0.05, 0) is 47.0 Å². The van der Waals surface area contributed by atoms with E-state index in [4.69, 9.17) is 0 Å². The first-order chi connectivity index (χ1) is 8.09. The van der Waals surface area contributed by atoms with Crippen molar-refractivity contribution < 1.29 is 4.39 Å². The largest absolute Gasteiger partial charge is 0.314 e. The lowest BCUT2D eigenvalue weighted by molar-refractivity contribution is 0.230. The maximum Gasteiger partial charge on any atom is 0.142 e. The number of piperazine rings is 1. The van der Waals surface area contributed by atoms with Gasteiger partial charge in [0.1, 0.15) is 5.82 Å². The van der Waals surface area contributed by atoms with Crippen LogP contribution in [0, 0.1) is 19.7 Å². The summed E-state index contributed by atoms with van der Waals surface area (Å²) in [6.07, 6.45) is 0. The Morgan fingerprint density at radius 3 is 2.65 bits per heavy atom. The monoisotopic (exact) mass is 300 g/mol. The number of hydrogen-bond donors (Lipinski definition) is 1. The van der Waals surface area contributed by atoms with Crippen molar-refractivity contribution in [1.82, 2.24) is 10.2 Å². The zero-order valence-corrected chi connectivity index (χ0v) is 11.9. The van der Waals surface area contributed by atoms with Crippen LogP contribution in [-0.4, -0.2) is 31.1 Å². The third-order valence-electron chi connectivity index (χ3n) is 3.45. The molecule has 1 aromatic rings. The van der Waals surface area contributed by atoms with Crippen LogP contribution in [-0.2, 0) is 6.54 Å². The summed E-state index contributed by atoms with van der Waals surface area (Å²) in [5.74, 6) is -0.105. The highest BCUT2D eigenvalue weighted by Gasteiger charge is 2.17. The van der Waals surface area contributed by atoms with E-state index < -0.39 is 0 Å². The predicted octanol–water partition coefficient (Wildman–Crippen LogP) is 2.61. The van der Waals surface area contributed by atoms with Crippen molar-refractivity contribution in [2.45, 2.75) is 20.4 Å². The molecule has 0 saturated carbocycles. The van der Waals surface area contributed by atoms with Gasteiger partial charge in [0.2, 0.25) is 0 Å². The molecule has 0 amide bonds. The second-order valence-corrected chi connectivity index (χ2v) is 5.47. The average molecular weight is 301 g/mol. The van der Waals surface area contributed by atoms with Crippen LogP contribution in [0.1, 0.15) is 16.7 Å². The van der Waals surface area contributed by atoms with Gasteiger partial charge in [0.05, 0.1) is 4.47 Å². The Labute approximate surface area is 110 Å². The minimum Gasteiger partial charge on any atom is -0.314 e. The molecule has 0 aromatic heterocycles. The van der Waals surface area contributed by atoms with Crippen LogP contribution in [0.2, 0.25) is 0 Å². The maximum absolute atomic E-state index is 14.1. The topological polar surface area (TPSA) is 15.3 Å². The van der Waals surface area contributed by atoms with E-state index >= 15 is 0 Å². The lowest BCUT2D eigenvalue weighted by atomic mass is 10.0. The minimum absolute atomic E-state index is 0.105. The molecule has 0 radical (unpaired) electrons. The summed E-state index contributed by atoms with van der Waals surface area (Å²) >= 11 is 3.29. The normalized spacial score (nSPS) is 17.4. The molecule has 1 fully saturated rings. The lowest BCUT2D eigenvalue weighted by Crippen LogP contribution is -2.43. The van der Waals surface area contributed by atoms with Crippen LogP contribution >= 0.6 is 15.9 Å².